The number of amides is 2. The molecule has 6 rings (SSSR count). The number of carbonyl (C=O) groups excluding carboxylic acids is 3. The van der Waals surface area contributed by atoms with Crippen molar-refractivity contribution in [2.45, 2.75) is 64.1 Å². The Kier molecular flexibility index (Phi) is 7.46. The van der Waals surface area contributed by atoms with Gasteiger partial charge in [0, 0.05) is 18.5 Å². The minimum Gasteiger partial charge on any atom is -0.496 e. The number of hydrogen-bond acceptors (Lipinski definition) is 8. The molecule has 3 aromatic rings. The Morgan fingerprint density at radius 1 is 1.22 bits per heavy atom. The third-order valence-corrected chi connectivity index (χ3v) is 10.2. The first-order valence-corrected chi connectivity index (χ1v) is 15.1. The van der Waals surface area contributed by atoms with Crippen molar-refractivity contribution in [2.75, 3.05) is 25.6 Å². The molecule has 1 spiro atoms. The van der Waals surface area contributed by atoms with Gasteiger partial charge in [0.05, 0.1) is 36.4 Å². The molecule has 1 atom stereocenters. The Bertz CT molecular complexity index is 1450. The predicted octanol–water partition coefficient (Wildman–Crippen LogP) is 5.48. The van der Waals surface area contributed by atoms with Crippen LogP contribution in [-0.2, 0) is 14.3 Å². The molecule has 0 bridgehead atoms. The van der Waals surface area contributed by atoms with E-state index < -0.39 is 11.5 Å². The quantitative estimate of drug-likeness (QED) is 0.353. The maximum atomic E-state index is 14.4. The number of para-hydroxylation sites is 1. The molecule has 2 amide bonds. The number of fused-ring (bicyclic) bond motifs is 1. The Hall–Kier alpha value is -3.50. The first-order chi connectivity index (χ1) is 19.9. The summed E-state index contributed by atoms with van der Waals surface area (Å²) in [4.78, 5) is 47.8. The third kappa shape index (κ3) is 4.67. The highest BCUT2D eigenvalue weighted by atomic mass is 32.1. The Morgan fingerprint density at radius 3 is 2.66 bits per heavy atom. The zero-order valence-electron chi connectivity index (χ0n) is 23.6. The normalized spacial score (nSPS) is 23.3. The third-order valence-electron chi connectivity index (χ3n) is 8.87. The number of nitrogens with zero attached hydrogens (tertiary/aromatic N) is 2. The highest BCUT2D eigenvalue weighted by Gasteiger charge is 2.62. The molecule has 216 valence electrons. The molecule has 2 fully saturated rings. The van der Waals surface area contributed by atoms with Crippen LogP contribution in [0.1, 0.15) is 72.5 Å². The molecular weight excluding hydrogens is 542 g/mol. The van der Waals surface area contributed by atoms with Crippen LogP contribution in [0.5, 0.6) is 5.75 Å². The standard InChI is InChI=1S/C31H35N3O6S/c1-18-24-26(35)31(15-19(16-31)27(36)32-2)30(37)34(29(24)41-25(18)28-33-13-14-39-28)17-23(40-20-9-5-4-6-10-20)21-11-7-8-12-22(21)38-3/h7-8,11-14,19-20,23H,4-6,9-10,15-17H2,1-3H3,(H,32,36)/t19?,23-,31?/m0/s1. The highest BCUT2D eigenvalue weighted by molar-refractivity contribution is 7.20. The van der Waals surface area contributed by atoms with Crippen LogP contribution in [0.2, 0.25) is 0 Å². The number of rotatable bonds is 8. The van der Waals surface area contributed by atoms with Gasteiger partial charge in [0.2, 0.25) is 17.7 Å². The number of nitrogens with one attached hydrogen (secondary N) is 1. The van der Waals surface area contributed by atoms with Crippen LogP contribution in [0.15, 0.2) is 41.1 Å². The number of thiophene rings is 1. The lowest BCUT2D eigenvalue weighted by Crippen LogP contribution is -2.61. The van der Waals surface area contributed by atoms with E-state index in [1.165, 1.54) is 24.0 Å². The summed E-state index contributed by atoms with van der Waals surface area (Å²) in [6.07, 6.45) is 8.38. The molecule has 1 aliphatic heterocycles. The molecule has 1 N–H and O–H groups in total. The molecule has 0 saturated heterocycles. The summed E-state index contributed by atoms with van der Waals surface area (Å²) in [5, 5.41) is 3.24. The number of benzene rings is 1. The fraction of sp³-hybridized carbons (Fsp3) is 0.484. The molecule has 2 aromatic heterocycles. The number of Topliss-reactive ketones (excluding diaryl/α,β-unsaturated/α-hetero) is 1. The number of oxazole rings is 1. The number of methoxy groups -OCH3 is 1. The zero-order valence-corrected chi connectivity index (χ0v) is 24.4. The second-order valence-corrected chi connectivity index (χ2v) is 12.2. The van der Waals surface area contributed by atoms with Gasteiger partial charge in [-0.25, -0.2) is 4.98 Å². The van der Waals surface area contributed by atoms with Gasteiger partial charge in [0.15, 0.2) is 5.78 Å². The van der Waals surface area contributed by atoms with Crippen LogP contribution in [0.25, 0.3) is 10.8 Å². The molecule has 0 unspecified atom stereocenters. The van der Waals surface area contributed by atoms with E-state index in [2.05, 4.69) is 10.3 Å². The summed E-state index contributed by atoms with van der Waals surface area (Å²) in [5.74, 6) is 0.0706. The van der Waals surface area contributed by atoms with Crippen molar-refractivity contribution in [3.8, 4) is 16.5 Å². The maximum absolute atomic E-state index is 14.4. The fourth-order valence-corrected chi connectivity index (χ4v) is 7.88. The van der Waals surface area contributed by atoms with Crippen molar-refractivity contribution in [3.63, 3.8) is 0 Å². The number of aromatic nitrogens is 1. The van der Waals surface area contributed by atoms with Gasteiger partial charge in [-0.15, -0.1) is 11.3 Å². The van der Waals surface area contributed by atoms with E-state index in [4.69, 9.17) is 13.9 Å². The van der Waals surface area contributed by atoms with E-state index in [0.717, 1.165) is 36.8 Å². The second kappa shape index (κ2) is 11.1. The minimum atomic E-state index is -1.28. The molecule has 2 aliphatic carbocycles. The van der Waals surface area contributed by atoms with Crippen molar-refractivity contribution in [3.05, 3.63) is 53.4 Å². The van der Waals surface area contributed by atoms with Gasteiger partial charge in [-0.05, 0) is 44.2 Å². The topological polar surface area (TPSA) is 111 Å². The summed E-state index contributed by atoms with van der Waals surface area (Å²) in [6.45, 7) is 2.09. The fourth-order valence-electron chi connectivity index (χ4n) is 6.63. The molecule has 10 heteroatoms. The lowest BCUT2D eigenvalue weighted by Gasteiger charge is -2.49. The van der Waals surface area contributed by atoms with Gasteiger partial charge in [-0.2, -0.15) is 0 Å². The van der Waals surface area contributed by atoms with E-state index >= 15 is 0 Å². The van der Waals surface area contributed by atoms with E-state index in [-0.39, 0.29) is 49.0 Å². The van der Waals surface area contributed by atoms with Crippen LogP contribution in [0.4, 0.5) is 5.00 Å². The molecule has 1 aromatic carbocycles. The smallest absolute Gasteiger partial charge is 0.241 e. The zero-order chi connectivity index (χ0) is 28.7. The number of anilines is 1. The van der Waals surface area contributed by atoms with Crippen LogP contribution in [0.3, 0.4) is 0 Å². The van der Waals surface area contributed by atoms with Gasteiger partial charge in [0.1, 0.15) is 28.5 Å². The van der Waals surface area contributed by atoms with E-state index in [9.17, 15) is 14.4 Å². The summed E-state index contributed by atoms with van der Waals surface area (Å²) < 4.78 is 18.1. The number of ketones is 1. The second-order valence-electron chi connectivity index (χ2n) is 11.2. The van der Waals surface area contributed by atoms with Crippen LogP contribution >= 0.6 is 11.3 Å². The first-order valence-electron chi connectivity index (χ1n) is 14.3. The van der Waals surface area contributed by atoms with Gasteiger partial charge in [-0.1, -0.05) is 37.5 Å². The van der Waals surface area contributed by atoms with Crippen LogP contribution in [0, 0.1) is 18.3 Å². The van der Waals surface area contributed by atoms with E-state index in [1.54, 1.807) is 25.3 Å². The van der Waals surface area contributed by atoms with Crippen LogP contribution in [-0.4, -0.2) is 49.4 Å². The number of carbonyl (C=O) groups is 3. The minimum absolute atomic E-state index is 0.0721. The maximum Gasteiger partial charge on any atom is 0.241 e. The molecular formula is C31H35N3O6S. The Labute approximate surface area is 243 Å². The van der Waals surface area contributed by atoms with Crippen LogP contribution < -0.4 is 15.0 Å². The monoisotopic (exact) mass is 577 g/mol. The SMILES string of the molecule is CNC(=O)C1CC2(C1)C(=O)c1c(sc(-c3ncco3)c1C)N(C[C@H](OC1CCCCC1)c1ccccc1OC)C2=O. The molecule has 3 heterocycles. The lowest BCUT2D eigenvalue weighted by atomic mass is 9.56. The summed E-state index contributed by atoms with van der Waals surface area (Å²) in [6, 6.07) is 7.73. The molecule has 9 nitrogen and oxygen atoms in total. The molecule has 2 saturated carbocycles. The number of hydrogen-bond donors (Lipinski definition) is 1. The van der Waals surface area contributed by atoms with Crippen molar-refractivity contribution in [1.82, 2.24) is 10.3 Å². The molecule has 41 heavy (non-hydrogen) atoms. The average Bonchev–Trinajstić information content (AvgIpc) is 3.62. The molecule has 0 radical (unpaired) electrons. The predicted molar refractivity (Wildman–Crippen MR) is 154 cm³/mol. The van der Waals surface area contributed by atoms with E-state index in [0.29, 0.717) is 27.1 Å². The molecule has 3 aliphatic rings. The Balaban J connectivity index is 1.44. The van der Waals surface area contributed by atoms with Gasteiger partial charge < -0.3 is 19.2 Å². The van der Waals surface area contributed by atoms with Crippen molar-refractivity contribution >= 4 is 33.9 Å². The van der Waals surface area contributed by atoms with E-state index in [1.807, 2.05) is 31.2 Å². The lowest BCUT2D eigenvalue weighted by molar-refractivity contribution is -0.140. The largest absolute Gasteiger partial charge is 0.496 e. The van der Waals surface area contributed by atoms with Crippen molar-refractivity contribution in [2.24, 2.45) is 11.3 Å². The van der Waals surface area contributed by atoms with Gasteiger partial charge >= 0.3 is 0 Å². The first kappa shape index (κ1) is 27.7. The van der Waals surface area contributed by atoms with Crippen molar-refractivity contribution in [1.29, 1.82) is 0 Å². The summed E-state index contributed by atoms with van der Waals surface area (Å²) in [7, 11) is 3.21. The van der Waals surface area contributed by atoms with Gasteiger partial charge in [0.25, 0.3) is 0 Å². The highest BCUT2D eigenvalue weighted by Crippen LogP contribution is 2.57. The summed E-state index contributed by atoms with van der Waals surface area (Å²) >= 11 is 1.34. The van der Waals surface area contributed by atoms with Gasteiger partial charge in [-0.3, -0.25) is 19.3 Å². The van der Waals surface area contributed by atoms with Crippen molar-refractivity contribution < 1.29 is 28.3 Å². The average molecular weight is 578 g/mol. The summed E-state index contributed by atoms with van der Waals surface area (Å²) in [5.41, 5.74) is 0.827. The number of ether oxygens (including phenoxy) is 2. The Morgan fingerprint density at radius 2 is 1.98 bits per heavy atom.